The molecule has 2 aliphatic heterocycles. The molecule has 6 heteroatoms. The highest BCUT2D eigenvalue weighted by Crippen LogP contribution is 2.62. The minimum absolute atomic E-state index is 0.355. The van der Waals surface area contributed by atoms with E-state index in [-0.39, 0.29) is 0 Å². The number of hydrogen-bond acceptors (Lipinski definition) is 4. The molecule has 1 aromatic rings. The molecule has 5 rings (SSSR count). The summed E-state index contributed by atoms with van der Waals surface area (Å²) in [6.45, 7) is 5.82. The Kier molecular flexibility index (Phi) is 4.62. The van der Waals surface area contributed by atoms with Crippen LogP contribution in [-0.2, 0) is 11.3 Å². The number of benzene rings is 1. The van der Waals surface area contributed by atoms with Crippen LogP contribution in [0, 0.1) is 11.3 Å². The van der Waals surface area contributed by atoms with E-state index in [1.807, 2.05) is 6.07 Å². The first-order valence-electron chi connectivity index (χ1n) is 10.7. The van der Waals surface area contributed by atoms with Gasteiger partial charge in [0.1, 0.15) is 13.2 Å². The van der Waals surface area contributed by atoms with Crippen LogP contribution in [0.3, 0.4) is 0 Å². The van der Waals surface area contributed by atoms with Gasteiger partial charge in [0.25, 0.3) is 0 Å². The largest absolute Gasteiger partial charge is 0.486 e. The number of ether oxygens (including phenoxy) is 3. The third kappa shape index (κ3) is 2.84. The fraction of sp³-hybridized carbons (Fsp3) is 0.682. The molecule has 2 heterocycles. The van der Waals surface area contributed by atoms with E-state index in [4.69, 9.17) is 19.2 Å². The van der Waals surface area contributed by atoms with Crippen molar-refractivity contribution in [2.45, 2.75) is 51.3 Å². The summed E-state index contributed by atoms with van der Waals surface area (Å²) in [5.74, 6) is 3.33. The number of rotatable bonds is 4. The molecule has 4 aliphatic rings. The molecule has 3 fully saturated rings. The van der Waals surface area contributed by atoms with Crippen molar-refractivity contribution in [3.63, 3.8) is 0 Å². The van der Waals surface area contributed by atoms with E-state index in [0.717, 1.165) is 37.2 Å². The van der Waals surface area contributed by atoms with Crippen molar-refractivity contribution < 1.29 is 14.2 Å². The second kappa shape index (κ2) is 7.14. The molecule has 0 radical (unpaired) electrons. The van der Waals surface area contributed by atoms with Crippen LogP contribution in [0.5, 0.6) is 11.5 Å². The first-order chi connectivity index (χ1) is 13.7. The molecule has 6 nitrogen and oxygen atoms in total. The van der Waals surface area contributed by atoms with Crippen LogP contribution in [0.25, 0.3) is 0 Å². The van der Waals surface area contributed by atoms with Gasteiger partial charge in [0.2, 0.25) is 0 Å². The zero-order valence-electron chi connectivity index (χ0n) is 16.9. The average molecular weight is 386 g/mol. The molecule has 1 N–H and O–H groups in total. The Balaban J connectivity index is 1.29. The van der Waals surface area contributed by atoms with E-state index < -0.39 is 0 Å². The summed E-state index contributed by atoms with van der Waals surface area (Å²) in [5.41, 5.74) is 1.56. The molecule has 2 saturated carbocycles. The van der Waals surface area contributed by atoms with Crippen molar-refractivity contribution in [2.24, 2.45) is 16.3 Å². The zero-order chi connectivity index (χ0) is 19.1. The first kappa shape index (κ1) is 18.1. The van der Waals surface area contributed by atoms with Crippen LogP contribution in [0.1, 0.15) is 38.2 Å². The number of hydrogen-bond donors (Lipinski definition) is 1. The maximum Gasteiger partial charge on any atom is 0.194 e. The predicted molar refractivity (Wildman–Crippen MR) is 108 cm³/mol. The molecule has 1 saturated heterocycles. The van der Waals surface area contributed by atoms with Gasteiger partial charge in [-0.05, 0) is 43.9 Å². The third-order valence-corrected chi connectivity index (χ3v) is 7.02. The van der Waals surface area contributed by atoms with Gasteiger partial charge in [0.05, 0.1) is 6.10 Å². The van der Waals surface area contributed by atoms with Gasteiger partial charge in [0.15, 0.2) is 17.5 Å². The van der Waals surface area contributed by atoms with Gasteiger partial charge in [-0.2, -0.15) is 0 Å². The van der Waals surface area contributed by atoms with Crippen LogP contribution in [0.4, 0.5) is 0 Å². The van der Waals surface area contributed by atoms with E-state index in [1.54, 1.807) is 0 Å². The Morgan fingerprint density at radius 2 is 2.04 bits per heavy atom. The van der Waals surface area contributed by atoms with Crippen LogP contribution in [-0.4, -0.2) is 56.4 Å². The topological polar surface area (TPSA) is 55.3 Å². The fourth-order valence-corrected chi connectivity index (χ4v) is 5.56. The third-order valence-electron chi connectivity index (χ3n) is 7.02. The van der Waals surface area contributed by atoms with E-state index in [1.165, 1.54) is 31.2 Å². The molecule has 2 aliphatic carbocycles. The quantitative estimate of drug-likeness (QED) is 0.638. The maximum atomic E-state index is 6.07. The Hall–Kier alpha value is -1.95. The molecule has 1 spiro atoms. The van der Waals surface area contributed by atoms with Gasteiger partial charge in [-0.25, -0.2) is 0 Å². The van der Waals surface area contributed by atoms with Crippen molar-refractivity contribution in [1.82, 2.24) is 10.2 Å². The SMILES string of the molecule is CCN=C(NC1C2CCOC2C12CCC2)N(C)Cc1ccc2c(c1)OCCO2. The Labute approximate surface area is 167 Å². The number of nitrogens with zero attached hydrogens (tertiary/aromatic N) is 2. The lowest BCUT2D eigenvalue weighted by Crippen LogP contribution is -2.72. The van der Waals surface area contributed by atoms with Crippen LogP contribution in [0.15, 0.2) is 23.2 Å². The Morgan fingerprint density at radius 1 is 1.21 bits per heavy atom. The van der Waals surface area contributed by atoms with Gasteiger partial charge >= 0.3 is 0 Å². The molecule has 28 heavy (non-hydrogen) atoms. The first-order valence-corrected chi connectivity index (χ1v) is 10.7. The highest BCUT2D eigenvalue weighted by atomic mass is 16.6. The molecular weight excluding hydrogens is 354 g/mol. The maximum absolute atomic E-state index is 6.07. The summed E-state index contributed by atoms with van der Waals surface area (Å²) in [7, 11) is 2.12. The molecular formula is C22H31N3O3. The minimum atomic E-state index is 0.355. The van der Waals surface area contributed by atoms with E-state index in [9.17, 15) is 0 Å². The number of aliphatic imine (C=N–C) groups is 1. The lowest BCUT2D eigenvalue weighted by molar-refractivity contribution is -0.171. The summed E-state index contributed by atoms with van der Waals surface area (Å²) in [6.07, 6.45) is 5.56. The van der Waals surface area contributed by atoms with E-state index in [0.29, 0.717) is 36.7 Å². The van der Waals surface area contributed by atoms with Crippen LogP contribution < -0.4 is 14.8 Å². The highest BCUT2D eigenvalue weighted by Gasteiger charge is 2.66. The molecule has 3 unspecified atom stereocenters. The van der Waals surface area contributed by atoms with Gasteiger partial charge in [0, 0.05) is 44.1 Å². The van der Waals surface area contributed by atoms with Crippen molar-refractivity contribution in [3.05, 3.63) is 23.8 Å². The number of guanidine groups is 1. The van der Waals surface area contributed by atoms with Crippen LogP contribution in [0.2, 0.25) is 0 Å². The van der Waals surface area contributed by atoms with Gasteiger partial charge in [-0.15, -0.1) is 0 Å². The predicted octanol–water partition coefficient (Wildman–Crippen LogP) is 2.81. The van der Waals surface area contributed by atoms with Crippen molar-refractivity contribution in [3.8, 4) is 11.5 Å². The van der Waals surface area contributed by atoms with E-state index >= 15 is 0 Å². The smallest absolute Gasteiger partial charge is 0.194 e. The van der Waals surface area contributed by atoms with Crippen LogP contribution >= 0.6 is 0 Å². The molecule has 0 amide bonds. The van der Waals surface area contributed by atoms with Crippen molar-refractivity contribution in [2.75, 3.05) is 33.4 Å². The lowest BCUT2D eigenvalue weighted by atomic mass is 9.46. The molecule has 152 valence electrons. The Bertz CT molecular complexity index is 761. The number of nitrogens with one attached hydrogen (secondary N) is 1. The van der Waals surface area contributed by atoms with Crippen molar-refractivity contribution in [1.29, 1.82) is 0 Å². The lowest BCUT2D eigenvalue weighted by Gasteiger charge is -2.63. The van der Waals surface area contributed by atoms with Gasteiger partial charge < -0.3 is 24.4 Å². The molecule has 0 aromatic heterocycles. The minimum Gasteiger partial charge on any atom is -0.486 e. The highest BCUT2D eigenvalue weighted by molar-refractivity contribution is 5.80. The molecule has 0 bridgehead atoms. The second-order valence-electron chi connectivity index (χ2n) is 8.58. The molecule has 3 atom stereocenters. The van der Waals surface area contributed by atoms with Gasteiger partial charge in [-0.3, -0.25) is 4.99 Å². The monoisotopic (exact) mass is 385 g/mol. The molecule has 1 aromatic carbocycles. The normalized spacial score (nSPS) is 29.6. The standard InChI is InChI=1S/C22H31N3O3/c1-3-23-21(24-19-16-7-10-28-20(16)22(19)8-4-9-22)25(2)14-15-5-6-17-18(13-15)27-12-11-26-17/h5-6,13,16,19-20H,3-4,7-12,14H2,1-2H3,(H,23,24). The average Bonchev–Trinajstić information content (AvgIpc) is 3.08. The fourth-order valence-electron chi connectivity index (χ4n) is 5.56. The van der Waals surface area contributed by atoms with Crippen molar-refractivity contribution >= 4 is 5.96 Å². The van der Waals surface area contributed by atoms with Gasteiger partial charge in [-0.1, -0.05) is 12.5 Å². The summed E-state index contributed by atoms with van der Waals surface area (Å²) < 4.78 is 17.4. The summed E-state index contributed by atoms with van der Waals surface area (Å²) >= 11 is 0. The van der Waals surface area contributed by atoms with E-state index in [2.05, 4.69) is 36.3 Å². The summed E-state index contributed by atoms with van der Waals surface area (Å²) in [4.78, 5) is 7.03. The zero-order valence-corrected chi connectivity index (χ0v) is 16.9. The second-order valence-corrected chi connectivity index (χ2v) is 8.58. The Morgan fingerprint density at radius 3 is 2.79 bits per heavy atom. The number of fused-ring (bicyclic) bond motifs is 3. The summed E-state index contributed by atoms with van der Waals surface area (Å²) in [6, 6.07) is 6.72. The summed E-state index contributed by atoms with van der Waals surface area (Å²) in [5, 5.41) is 3.84.